The summed E-state index contributed by atoms with van der Waals surface area (Å²) < 4.78 is 0. The summed E-state index contributed by atoms with van der Waals surface area (Å²) in [6.45, 7) is 3.96. The van der Waals surface area contributed by atoms with E-state index in [9.17, 15) is 4.79 Å². The molecule has 0 aliphatic heterocycles. The van der Waals surface area contributed by atoms with Crippen molar-refractivity contribution in [2.75, 3.05) is 0 Å². The van der Waals surface area contributed by atoms with Crippen LogP contribution in [-0.4, -0.2) is 20.6 Å². The Morgan fingerprint density at radius 3 is 2.70 bits per heavy atom. The van der Waals surface area contributed by atoms with Crippen molar-refractivity contribution < 1.29 is 9.90 Å². The quantitative estimate of drug-likeness (QED) is 0.486. The van der Waals surface area contributed by atoms with Gasteiger partial charge in [-0.05, 0) is 0 Å². The van der Waals surface area contributed by atoms with Gasteiger partial charge in [-0.3, -0.25) is 4.79 Å². The van der Waals surface area contributed by atoms with Crippen molar-refractivity contribution in [3.8, 4) is 0 Å². The summed E-state index contributed by atoms with van der Waals surface area (Å²) in [5, 5.41) is 8.52. The summed E-state index contributed by atoms with van der Waals surface area (Å²) in [6.07, 6.45) is 2.41. The Morgan fingerprint density at radius 1 is 1.70 bits per heavy atom. The van der Waals surface area contributed by atoms with Crippen molar-refractivity contribution in [3.05, 3.63) is 0 Å². The first-order valence-electron chi connectivity index (χ1n) is 3.91. The van der Waals surface area contributed by atoms with E-state index in [1.807, 2.05) is 6.92 Å². The van der Waals surface area contributed by atoms with Gasteiger partial charge < -0.3 is 5.11 Å². The fraction of sp³-hybridized carbons (Fsp3) is 0.857. The van der Waals surface area contributed by atoms with Gasteiger partial charge in [-0.25, -0.2) is 0 Å². The lowest BCUT2D eigenvalue weighted by molar-refractivity contribution is -0.136. The summed E-state index contributed by atoms with van der Waals surface area (Å²) >= 11 is 0. The average Bonchev–Trinajstić information content (AvgIpc) is 1.88. The van der Waals surface area contributed by atoms with Gasteiger partial charge in [-0.15, -0.1) is 0 Å². The fourth-order valence-corrected chi connectivity index (χ4v) is 2.47. The maximum atomic E-state index is 10.3. The third-order valence-corrected chi connectivity index (χ3v) is 3.79. The molecule has 0 saturated heterocycles. The Kier molecular flexibility index (Phi) is 5.30. The van der Waals surface area contributed by atoms with E-state index in [1.165, 1.54) is 18.9 Å². The van der Waals surface area contributed by atoms with Gasteiger partial charge in [-0.2, -0.15) is 0 Å². The monoisotopic (exact) mass is 160 g/mol. The molecule has 0 aromatic heterocycles. The minimum absolute atomic E-state index is 0.0217. The third kappa shape index (κ3) is 4.55. The topological polar surface area (TPSA) is 37.3 Å². The highest BCUT2D eigenvalue weighted by molar-refractivity contribution is 6.43. The molecule has 0 radical (unpaired) electrons. The fourth-order valence-electron chi connectivity index (χ4n) is 0.824. The predicted molar refractivity (Wildman–Crippen MR) is 45.3 cm³/mol. The first-order chi connectivity index (χ1) is 4.68. The molecule has 0 saturated carbocycles. The SMILES string of the molecule is CCCC[SiH2]C(C)C(=O)O. The Hall–Kier alpha value is -0.313. The van der Waals surface area contributed by atoms with E-state index in [-0.39, 0.29) is 15.1 Å². The average molecular weight is 160 g/mol. The van der Waals surface area contributed by atoms with Gasteiger partial charge in [0.2, 0.25) is 0 Å². The third-order valence-electron chi connectivity index (χ3n) is 1.66. The molecule has 10 heavy (non-hydrogen) atoms. The molecule has 0 aliphatic rings. The van der Waals surface area contributed by atoms with Crippen LogP contribution in [-0.2, 0) is 4.79 Å². The number of hydrogen-bond donors (Lipinski definition) is 1. The molecule has 0 fully saturated rings. The minimum Gasteiger partial charge on any atom is -0.481 e. The zero-order valence-corrected chi connectivity index (χ0v) is 8.18. The van der Waals surface area contributed by atoms with Crippen LogP contribution < -0.4 is 0 Å². The highest BCUT2D eigenvalue weighted by Gasteiger charge is 2.09. The Labute approximate surface area is 64.5 Å². The summed E-state index contributed by atoms with van der Waals surface area (Å²) in [4.78, 5) is 10.3. The zero-order chi connectivity index (χ0) is 7.98. The van der Waals surface area contributed by atoms with E-state index in [2.05, 4.69) is 6.92 Å². The molecule has 0 spiro atoms. The molecule has 0 heterocycles. The summed E-state index contributed by atoms with van der Waals surface area (Å²) in [5.74, 6) is -0.609. The van der Waals surface area contributed by atoms with Gasteiger partial charge in [0, 0.05) is 15.1 Å². The van der Waals surface area contributed by atoms with Crippen LogP contribution in [0.3, 0.4) is 0 Å². The molecular weight excluding hydrogens is 144 g/mol. The van der Waals surface area contributed by atoms with Crippen molar-refractivity contribution >= 4 is 15.5 Å². The summed E-state index contributed by atoms with van der Waals surface area (Å²) in [5.41, 5.74) is -0.0217. The normalized spacial score (nSPS) is 14.2. The van der Waals surface area contributed by atoms with Crippen LogP contribution in [0.4, 0.5) is 0 Å². The van der Waals surface area contributed by atoms with Crippen molar-refractivity contribution in [1.29, 1.82) is 0 Å². The number of rotatable bonds is 5. The van der Waals surface area contributed by atoms with Crippen LogP contribution in [0.15, 0.2) is 0 Å². The lowest BCUT2D eigenvalue weighted by Crippen LogP contribution is -2.10. The van der Waals surface area contributed by atoms with Crippen molar-refractivity contribution in [3.63, 3.8) is 0 Å². The van der Waals surface area contributed by atoms with Gasteiger partial charge in [0.15, 0.2) is 0 Å². The van der Waals surface area contributed by atoms with Crippen LogP contribution >= 0.6 is 0 Å². The molecular formula is C7H16O2Si. The van der Waals surface area contributed by atoms with E-state index < -0.39 is 5.97 Å². The van der Waals surface area contributed by atoms with E-state index in [0.29, 0.717) is 0 Å². The molecule has 3 heteroatoms. The molecule has 2 nitrogen and oxygen atoms in total. The van der Waals surface area contributed by atoms with Crippen LogP contribution in [0.5, 0.6) is 0 Å². The minimum atomic E-state index is -0.609. The van der Waals surface area contributed by atoms with E-state index in [4.69, 9.17) is 5.11 Å². The molecule has 1 N–H and O–H groups in total. The number of carboxylic acids is 1. The Balaban J connectivity index is 3.21. The summed E-state index contributed by atoms with van der Waals surface area (Å²) in [7, 11) is -0.322. The first-order valence-corrected chi connectivity index (χ1v) is 5.73. The number of hydrogen-bond acceptors (Lipinski definition) is 1. The van der Waals surface area contributed by atoms with Crippen LogP contribution in [0.25, 0.3) is 0 Å². The van der Waals surface area contributed by atoms with Gasteiger partial charge in [0.1, 0.15) is 0 Å². The Morgan fingerprint density at radius 2 is 2.30 bits per heavy atom. The molecule has 0 aliphatic carbocycles. The highest BCUT2D eigenvalue weighted by Crippen LogP contribution is 2.05. The van der Waals surface area contributed by atoms with Gasteiger partial charge in [0.05, 0.1) is 0 Å². The van der Waals surface area contributed by atoms with E-state index in [0.717, 1.165) is 0 Å². The molecule has 1 atom stereocenters. The smallest absolute Gasteiger partial charge is 0.302 e. The van der Waals surface area contributed by atoms with Crippen molar-refractivity contribution in [2.45, 2.75) is 38.3 Å². The maximum Gasteiger partial charge on any atom is 0.302 e. The first kappa shape index (κ1) is 9.69. The van der Waals surface area contributed by atoms with Crippen LogP contribution in [0.1, 0.15) is 26.7 Å². The second kappa shape index (κ2) is 5.47. The number of unbranched alkanes of at least 4 members (excludes halogenated alkanes) is 1. The molecule has 60 valence electrons. The molecule has 0 aromatic carbocycles. The zero-order valence-electron chi connectivity index (χ0n) is 6.76. The van der Waals surface area contributed by atoms with E-state index >= 15 is 0 Å². The van der Waals surface area contributed by atoms with Crippen molar-refractivity contribution in [2.24, 2.45) is 0 Å². The van der Waals surface area contributed by atoms with Crippen molar-refractivity contribution in [1.82, 2.24) is 0 Å². The lowest BCUT2D eigenvalue weighted by Gasteiger charge is -2.02. The van der Waals surface area contributed by atoms with Crippen LogP contribution in [0, 0.1) is 0 Å². The second-order valence-corrected chi connectivity index (χ2v) is 5.24. The molecule has 0 aromatic rings. The van der Waals surface area contributed by atoms with E-state index in [1.54, 1.807) is 0 Å². The van der Waals surface area contributed by atoms with Gasteiger partial charge in [-0.1, -0.05) is 32.7 Å². The maximum absolute atomic E-state index is 10.3. The largest absolute Gasteiger partial charge is 0.481 e. The number of carboxylic acid groups (broad SMARTS) is 1. The number of aliphatic carboxylic acids is 1. The van der Waals surface area contributed by atoms with Gasteiger partial charge >= 0.3 is 5.97 Å². The summed E-state index contributed by atoms with van der Waals surface area (Å²) in [6, 6.07) is 1.18. The van der Waals surface area contributed by atoms with Gasteiger partial charge in [0.25, 0.3) is 0 Å². The van der Waals surface area contributed by atoms with Crippen LogP contribution in [0.2, 0.25) is 11.6 Å². The predicted octanol–water partition coefficient (Wildman–Crippen LogP) is 1.27. The Bertz CT molecular complexity index is 104. The molecule has 1 unspecified atom stereocenters. The number of carbonyl (C=O) groups is 1. The molecule has 0 amide bonds. The lowest BCUT2D eigenvalue weighted by atomic mass is 10.4. The molecule has 0 bridgehead atoms. The standard InChI is InChI=1S/C7H16O2Si/c1-3-4-5-10-6(2)7(8)9/h6H,3-5,10H2,1-2H3,(H,8,9). The second-order valence-electron chi connectivity index (χ2n) is 2.74. The molecule has 0 rings (SSSR count). The highest BCUT2D eigenvalue weighted by atomic mass is 28.2.